The molecule has 4 nitrogen and oxygen atoms in total. The molecule has 2 N–H and O–H groups in total. The maximum atomic E-state index is 11.6. The van der Waals surface area contributed by atoms with Gasteiger partial charge in [-0.25, -0.2) is 8.51 Å². The Labute approximate surface area is 82.7 Å². The number of piperazine rings is 1. The van der Waals surface area contributed by atoms with E-state index in [0.717, 1.165) is 19.6 Å². The lowest BCUT2D eigenvalue weighted by Gasteiger charge is -2.38. The molecular formula is C8H19N3OS. The Morgan fingerprint density at radius 3 is 2.77 bits per heavy atom. The summed E-state index contributed by atoms with van der Waals surface area (Å²) < 4.78 is 13.6. The van der Waals surface area contributed by atoms with Gasteiger partial charge in [-0.1, -0.05) is 6.92 Å². The highest BCUT2D eigenvalue weighted by atomic mass is 32.2. The Morgan fingerprint density at radius 2 is 2.23 bits per heavy atom. The second kappa shape index (κ2) is 5.05. The maximum absolute atomic E-state index is 11.6. The average Bonchev–Trinajstić information content (AvgIpc) is 2.16. The molecule has 1 saturated heterocycles. The van der Waals surface area contributed by atoms with Gasteiger partial charge in [0, 0.05) is 38.0 Å². The third-order valence-electron chi connectivity index (χ3n) is 2.41. The van der Waals surface area contributed by atoms with Gasteiger partial charge in [0.05, 0.1) is 11.0 Å². The van der Waals surface area contributed by atoms with Crippen LogP contribution >= 0.6 is 0 Å². The van der Waals surface area contributed by atoms with Crippen LogP contribution in [0.15, 0.2) is 0 Å². The van der Waals surface area contributed by atoms with E-state index >= 15 is 0 Å². The van der Waals surface area contributed by atoms with Crippen LogP contribution in [0.3, 0.4) is 0 Å². The molecule has 0 bridgehead atoms. The molecule has 0 spiro atoms. The number of nitrogens with zero attached hydrogens (tertiary/aromatic N) is 2. The minimum absolute atomic E-state index is 0.263. The largest absolute Gasteiger partial charge is 0.329 e. The van der Waals surface area contributed by atoms with Gasteiger partial charge in [0.2, 0.25) is 0 Å². The first-order valence-electron chi connectivity index (χ1n) is 4.72. The van der Waals surface area contributed by atoms with Crippen molar-refractivity contribution in [1.82, 2.24) is 9.21 Å². The molecule has 0 aromatic rings. The molecule has 78 valence electrons. The van der Waals surface area contributed by atoms with Crippen LogP contribution in [-0.4, -0.2) is 58.4 Å². The summed E-state index contributed by atoms with van der Waals surface area (Å²) in [6.07, 6.45) is 0. The zero-order chi connectivity index (χ0) is 9.84. The highest BCUT2D eigenvalue weighted by molar-refractivity contribution is 7.82. The molecule has 0 aliphatic carbocycles. The van der Waals surface area contributed by atoms with Crippen LogP contribution in [0.25, 0.3) is 0 Å². The standard InChI is InChI=1S/C8H19N3OS/c1-3-13(12)11-5-4-10(2)7-8(11)6-9/h8H,3-7,9H2,1-2H3. The van der Waals surface area contributed by atoms with E-state index in [2.05, 4.69) is 11.9 Å². The van der Waals surface area contributed by atoms with Crippen molar-refractivity contribution in [3.8, 4) is 0 Å². The first-order valence-corrected chi connectivity index (χ1v) is 6.00. The third-order valence-corrected chi connectivity index (χ3v) is 3.91. The van der Waals surface area contributed by atoms with Crippen LogP contribution < -0.4 is 5.73 Å². The Kier molecular flexibility index (Phi) is 4.31. The van der Waals surface area contributed by atoms with Gasteiger partial charge in [-0.3, -0.25) is 0 Å². The van der Waals surface area contributed by atoms with Crippen molar-refractivity contribution in [2.45, 2.75) is 13.0 Å². The van der Waals surface area contributed by atoms with Crippen molar-refractivity contribution in [3.63, 3.8) is 0 Å². The summed E-state index contributed by atoms with van der Waals surface area (Å²) in [5.41, 5.74) is 5.65. The molecule has 0 saturated carbocycles. The van der Waals surface area contributed by atoms with Gasteiger partial charge in [-0.2, -0.15) is 0 Å². The fourth-order valence-electron chi connectivity index (χ4n) is 1.62. The Hall–Kier alpha value is 0.0300. The topological polar surface area (TPSA) is 49.6 Å². The number of hydrogen-bond acceptors (Lipinski definition) is 3. The van der Waals surface area contributed by atoms with Crippen LogP contribution in [0.4, 0.5) is 0 Å². The average molecular weight is 205 g/mol. The van der Waals surface area contributed by atoms with E-state index in [1.54, 1.807) is 0 Å². The minimum Gasteiger partial charge on any atom is -0.329 e. The zero-order valence-electron chi connectivity index (χ0n) is 8.40. The maximum Gasteiger partial charge on any atom is 0.0943 e. The fourth-order valence-corrected chi connectivity index (χ4v) is 2.72. The Balaban J connectivity index is 2.57. The van der Waals surface area contributed by atoms with Crippen LogP contribution in [0.5, 0.6) is 0 Å². The Morgan fingerprint density at radius 1 is 1.54 bits per heavy atom. The van der Waals surface area contributed by atoms with Gasteiger partial charge in [0.1, 0.15) is 0 Å². The predicted octanol–water partition coefficient (Wildman–Crippen LogP) is -0.755. The first-order chi connectivity index (χ1) is 6.19. The van der Waals surface area contributed by atoms with E-state index in [9.17, 15) is 4.21 Å². The summed E-state index contributed by atoms with van der Waals surface area (Å²) in [7, 11) is 1.25. The molecule has 1 aliphatic rings. The summed E-state index contributed by atoms with van der Waals surface area (Å²) in [5.74, 6) is 0.695. The smallest absolute Gasteiger partial charge is 0.0943 e. The lowest BCUT2D eigenvalue weighted by Crippen LogP contribution is -2.55. The molecule has 13 heavy (non-hydrogen) atoms. The summed E-state index contributed by atoms with van der Waals surface area (Å²) in [4.78, 5) is 2.24. The van der Waals surface area contributed by atoms with Crippen LogP contribution in [0.2, 0.25) is 0 Å². The molecule has 1 fully saturated rings. The van der Waals surface area contributed by atoms with E-state index in [-0.39, 0.29) is 6.04 Å². The SMILES string of the molecule is CCS(=O)N1CCN(C)CC1CN. The van der Waals surface area contributed by atoms with E-state index in [1.165, 1.54) is 0 Å². The highest BCUT2D eigenvalue weighted by Crippen LogP contribution is 2.09. The molecule has 1 rings (SSSR count). The monoisotopic (exact) mass is 205 g/mol. The molecule has 0 aromatic carbocycles. The van der Waals surface area contributed by atoms with Crippen molar-refractivity contribution < 1.29 is 4.21 Å². The van der Waals surface area contributed by atoms with E-state index in [4.69, 9.17) is 5.73 Å². The lowest BCUT2D eigenvalue weighted by atomic mass is 10.2. The molecule has 2 unspecified atom stereocenters. The molecule has 1 aliphatic heterocycles. The summed E-state index contributed by atoms with van der Waals surface area (Å²) in [6, 6.07) is 0.263. The van der Waals surface area contributed by atoms with E-state index in [0.29, 0.717) is 12.3 Å². The van der Waals surface area contributed by atoms with Crippen molar-refractivity contribution in [3.05, 3.63) is 0 Å². The highest BCUT2D eigenvalue weighted by Gasteiger charge is 2.27. The predicted molar refractivity (Wildman–Crippen MR) is 55.7 cm³/mol. The van der Waals surface area contributed by atoms with Gasteiger partial charge in [-0.15, -0.1) is 0 Å². The molecule has 2 atom stereocenters. The van der Waals surface area contributed by atoms with Crippen LogP contribution in [0, 0.1) is 0 Å². The van der Waals surface area contributed by atoms with Gasteiger partial charge < -0.3 is 10.6 Å². The van der Waals surface area contributed by atoms with Gasteiger partial charge >= 0.3 is 0 Å². The van der Waals surface area contributed by atoms with Gasteiger partial charge in [-0.05, 0) is 7.05 Å². The minimum atomic E-state index is -0.832. The first kappa shape index (κ1) is 11.1. The van der Waals surface area contributed by atoms with E-state index in [1.807, 2.05) is 11.2 Å². The quantitative estimate of drug-likeness (QED) is 0.659. The van der Waals surface area contributed by atoms with Crippen LogP contribution in [0.1, 0.15) is 6.92 Å². The molecular weight excluding hydrogens is 186 g/mol. The number of likely N-dealkylation sites (N-methyl/N-ethyl adjacent to an activating group) is 1. The summed E-state index contributed by atoms with van der Waals surface area (Å²) in [6.45, 7) is 5.33. The molecule has 5 heteroatoms. The third kappa shape index (κ3) is 2.74. The fraction of sp³-hybridized carbons (Fsp3) is 1.00. The lowest BCUT2D eigenvalue weighted by molar-refractivity contribution is 0.169. The normalized spacial score (nSPS) is 29.0. The van der Waals surface area contributed by atoms with Gasteiger partial charge in [0.25, 0.3) is 0 Å². The Bertz CT molecular complexity index is 188. The molecule has 0 amide bonds. The van der Waals surface area contributed by atoms with Crippen molar-refractivity contribution >= 4 is 11.0 Å². The number of rotatable bonds is 3. The second-order valence-electron chi connectivity index (χ2n) is 3.40. The molecule has 0 radical (unpaired) electrons. The van der Waals surface area contributed by atoms with E-state index < -0.39 is 11.0 Å². The molecule has 0 aromatic heterocycles. The number of hydrogen-bond donors (Lipinski definition) is 1. The van der Waals surface area contributed by atoms with Gasteiger partial charge in [0.15, 0.2) is 0 Å². The van der Waals surface area contributed by atoms with Crippen molar-refractivity contribution in [2.75, 3.05) is 39.0 Å². The summed E-state index contributed by atoms with van der Waals surface area (Å²) in [5, 5.41) is 0. The van der Waals surface area contributed by atoms with Crippen molar-refractivity contribution in [1.29, 1.82) is 0 Å². The summed E-state index contributed by atoms with van der Waals surface area (Å²) >= 11 is 0. The van der Waals surface area contributed by atoms with Crippen LogP contribution in [-0.2, 0) is 11.0 Å². The number of nitrogens with two attached hydrogens (primary N) is 1. The second-order valence-corrected chi connectivity index (χ2v) is 5.09. The van der Waals surface area contributed by atoms with Crippen molar-refractivity contribution in [2.24, 2.45) is 5.73 Å². The zero-order valence-corrected chi connectivity index (χ0v) is 9.22. The molecule has 1 heterocycles.